The molecule has 2 rings (SSSR count). The average Bonchev–Trinajstić information content (AvgIpc) is 2.84. The van der Waals surface area contributed by atoms with E-state index in [1.54, 1.807) is 0 Å². The zero-order valence-corrected chi connectivity index (χ0v) is 11.2. The number of amides is 1. The van der Waals surface area contributed by atoms with Crippen molar-refractivity contribution in [3.63, 3.8) is 0 Å². The molecule has 5 heteroatoms. The zero-order chi connectivity index (χ0) is 13.8. The molecule has 1 aromatic rings. The molecule has 19 heavy (non-hydrogen) atoms. The van der Waals surface area contributed by atoms with Crippen LogP contribution < -0.4 is 11.1 Å². The number of rotatable bonds is 4. The molecule has 0 spiro atoms. The second kappa shape index (κ2) is 5.93. The van der Waals surface area contributed by atoms with Gasteiger partial charge in [0.15, 0.2) is 0 Å². The first kappa shape index (κ1) is 13.7. The molecular weight excluding hydrogens is 242 g/mol. The molecule has 1 heterocycles. The number of carbonyl (C=O) groups excluding carboxylic acids is 1. The van der Waals surface area contributed by atoms with Gasteiger partial charge in [0.1, 0.15) is 5.75 Å². The molecule has 1 aliphatic rings. The molecule has 0 aromatic heterocycles. The number of nitrogen functional groups attached to an aromatic ring is 1. The van der Waals surface area contributed by atoms with Crippen LogP contribution in [0, 0.1) is 0 Å². The molecule has 1 atom stereocenters. The van der Waals surface area contributed by atoms with Crippen LogP contribution in [0.15, 0.2) is 18.2 Å². The Bertz CT molecular complexity index is 456. The number of phenols is 1. The minimum absolute atomic E-state index is 0.0477. The van der Waals surface area contributed by atoms with Crippen LogP contribution in [0.4, 0.5) is 5.69 Å². The van der Waals surface area contributed by atoms with E-state index in [0.717, 1.165) is 19.6 Å². The Morgan fingerprint density at radius 1 is 1.47 bits per heavy atom. The predicted molar refractivity (Wildman–Crippen MR) is 75.1 cm³/mol. The number of anilines is 1. The van der Waals surface area contributed by atoms with Gasteiger partial charge in [0, 0.05) is 18.3 Å². The lowest BCUT2D eigenvalue weighted by molar-refractivity contribution is 0.0932. The van der Waals surface area contributed by atoms with Gasteiger partial charge < -0.3 is 21.1 Å². The Balaban J connectivity index is 1.94. The molecule has 0 radical (unpaired) electrons. The van der Waals surface area contributed by atoms with Gasteiger partial charge in [0.25, 0.3) is 5.91 Å². The number of nitrogens with two attached hydrogens (primary N) is 1. The lowest BCUT2D eigenvalue weighted by Gasteiger charge is -2.21. The van der Waals surface area contributed by atoms with Gasteiger partial charge >= 0.3 is 0 Å². The maximum absolute atomic E-state index is 12.1. The van der Waals surface area contributed by atoms with Crippen LogP contribution in [0.1, 0.15) is 30.1 Å². The molecule has 1 saturated heterocycles. The molecule has 0 saturated carbocycles. The van der Waals surface area contributed by atoms with Crippen molar-refractivity contribution in [3.8, 4) is 5.75 Å². The summed E-state index contributed by atoms with van der Waals surface area (Å²) in [6.07, 6.45) is 2.47. The second-order valence-corrected chi connectivity index (χ2v) is 5.15. The number of phenolic OH excluding ortho intramolecular Hbond substituents is 1. The topological polar surface area (TPSA) is 78.6 Å². The molecule has 0 aliphatic carbocycles. The van der Waals surface area contributed by atoms with Gasteiger partial charge in [-0.25, -0.2) is 0 Å². The normalized spacial score (nSPS) is 17.3. The number of hydrogen-bond donors (Lipinski definition) is 3. The van der Waals surface area contributed by atoms with Crippen LogP contribution in [0.25, 0.3) is 0 Å². The lowest BCUT2D eigenvalue weighted by Crippen LogP contribution is -2.41. The Morgan fingerprint density at radius 2 is 2.16 bits per heavy atom. The molecule has 104 valence electrons. The van der Waals surface area contributed by atoms with Gasteiger partial charge in [0.2, 0.25) is 0 Å². The highest BCUT2D eigenvalue weighted by Crippen LogP contribution is 2.18. The Morgan fingerprint density at radius 3 is 2.84 bits per heavy atom. The highest BCUT2D eigenvalue weighted by Gasteiger charge is 2.17. The average molecular weight is 263 g/mol. The first-order valence-electron chi connectivity index (χ1n) is 6.68. The fraction of sp³-hybridized carbons (Fsp3) is 0.500. The van der Waals surface area contributed by atoms with Crippen molar-refractivity contribution in [2.24, 2.45) is 0 Å². The summed E-state index contributed by atoms with van der Waals surface area (Å²) in [5.74, 6) is -0.188. The van der Waals surface area contributed by atoms with Crippen molar-refractivity contribution in [3.05, 3.63) is 23.8 Å². The largest absolute Gasteiger partial charge is 0.508 e. The Labute approximate surface area is 113 Å². The third-order valence-corrected chi connectivity index (χ3v) is 3.39. The minimum Gasteiger partial charge on any atom is -0.508 e. The van der Waals surface area contributed by atoms with Gasteiger partial charge in [-0.15, -0.1) is 0 Å². The van der Waals surface area contributed by atoms with E-state index in [4.69, 9.17) is 5.73 Å². The second-order valence-electron chi connectivity index (χ2n) is 5.15. The van der Waals surface area contributed by atoms with Crippen molar-refractivity contribution in [2.75, 3.05) is 25.4 Å². The fourth-order valence-electron chi connectivity index (χ4n) is 2.44. The molecular formula is C14H21N3O2. The number of benzene rings is 1. The highest BCUT2D eigenvalue weighted by molar-refractivity contribution is 5.99. The monoisotopic (exact) mass is 263 g/mol. The van der Waals surface area contributed by atoms with Crippen molar-refractivity contribution in [1.29, 1.82) is 0 Å². The number of aromatic hydroxyl groups is 1. The molecule has 1 fully saturated rings. The van der Waals surface area contributed by atoms with Gasteiger partial charge in [-0.1, -0.05) is 0 Å². The summed E-state index contributed by atoms with van der Waals surface area (Å²) in [5.41, 5.74) is 6.45. The summed E-state index contributed by atoms with van der Waals surface area (Å²) < 4.78 is 0. The maximum Gasteiger partial charge on any atom is 0.253 e. The van der Waals surface area contributed by atoms with E-state index in [1.165, 1.54) is 31.0 Å². The zero-order valence-electron chi connectivity index (χ0n) is 11.2. The molecule has 5 nitrogen and oxygen atoms in total. The fourth-order valence-corrected chi connectivity index (χ4v) is 2.44. The lowest BCUT2D eigenvalue weighted by atomic mass is 10.1. The van der Waals surface area contributed by atoms with Crippen LogP contribution in [0.5, 0.6) is 5.75 Å². The summed E-state index contributed by atoms with van der Waals surface area (Å²) in [7, 11) is 0. The van der Waals surface area contributed by atoms with Crippen molar-refractivity contribution >= 4 is 11.6 Å². The molecule has 1 amide bonds. The first-order valence-corrected chi connectivity index (χ1v) is 6.68. The van der Waals surface area contributed by atoms with Gasteiger partial charge in [-0.2, -0.15) is 0 Å². The smallest absolute Gasteiger partial charge is 0.253 e. The predicted octanol–water partition coefficient (Wildman–Crippen LogP) is 1.19. The van der Waals surface area contributed by atoms with E-state index < -0.39 is 0 Å². The first-order chi connectivity index (χ1) is 9.06. The number of hydrogen-bond acceptors (Lipinski definition) is 4. The summed E-state index contributed by atoms with van der Waals surface area (Å²) in [4.78, 5) is 14.4. The molecule has 1 unspecified atom stereocenters. The molecule has 4 N–H and O–H groups in total. The van der Waals surface area contributed by atoms with Crippen LogP contribution in [-0.2, 0) is 0 Å². The van der Waals surface area contributed by atoms with Crippen LogP contribution in [0.2, 0.25) is 0 Å². The van der Waals surface area contributed by atoms with E-state index in [-0.39, 0.29) is 17.7 Å². The molecule has 1 aliphatic heterocycles. The van der Waals surface area contributed by atoms with Crippen LogP contribution in [0.3, 0.4) is 0 Å². The number of likely N-dealkylation sites (tertiary alicyclic amines) is 1. The number of nitrogens with zero attached hydrogens (tertiary/aromatic N) is 1. The summed E-state index contributed by atoms with van der Waals surface area (Å²) in [5, 5.41) is 12.3. The number of nitrogens with one attached hydrogen (secondary N) is 1. The van der Waals surface area contributed by atoms with E-state index in [2.05, 4.69) is 10.2 Å². The third-order valence-electron chi connectivity index (χ3n) is 3.39. The van der Waals surface area contributed by atoms with E-state index in [0.29, 0.717) is 11.3 Å². The molecule has 1 aromatic carbocycles. The van der Waals surface area contributed by atoms with Crippen LogP contribution in [-0.4, -0.2) is 41.6 Å². The van der Waals surface area contributed by atoms with E-state index in [1.807, 2.05) is 6.92 Å². The third kappa shape index (κ3) is 3.61. The van der Waals surface area contributed by atoms with Crippen molar-refractivity contribution in [2.45, 2.75) is 25.8 Å². The Kier molecular flexibility index (Phi) is 4.27. The standard InChI is InChI=1S/C14H21N3O2/c1-10(9-17-6-2-3-7-17)16-14(19)12-8-11(18)4-5-13(12)15/h4-5,8,10,18H,2-3,6-7,9,15H2,1H3,(H,16,19). The summed E-state index contributed by atoms with van der Waals surface area (Å²) in [6, 6.07) is 4.47. The SMILES string of the molecule is CC(CN1CCCC1)NC(=O)c1cc(O)ccc1N. The van der Waals surface area contributed by atoms with E-state index >= 15 is 0 Å². The van der Waals surface area contributed by atoms with Gasteiger partial charge in [-0.3, -0.25) is 4.79 Å². The summed E-state index contributed by atoms with van der Waals surface area (Å²) in [6.45, 7) is 5.04. The van der Waals surface area contributed by atoms with Crippen molar-refractivity contribution < 1.29 is 9.90 Å². The summed E-state index contributed by atoms with van der Waals surface area (Å²) >= 11 is 0. The Hall–Kier alpha value is -1.75. The van der Waals surface area contributed by atoms with Crippen LogP contribution >= 0.6 is 0 Å². The van der Waals surface area contributed by atoms with Gasteiger partial charge in [-0.05, 0) is 51.1 Å². The quantitative estimate of drug-likeness (QED) is 0.563. The molecule has 0 bridgehead atoms. The highest BCUT2D eigenvalue weighted by atomic mass is 16.3. The maximum atomic E-state index is 12.1. The minimum atomic E-state index is -0.236. The van der Waals surface area contributed by atoms with E-state index in [9.17, 15) is 9.90 Å². The van der Waals surface area contributed by atoms with Crippen molar-refractivity contribution in [1.82, 2.24) is 10.2 Å². The van der Waals surface area contributed by atoms with Gasteiger partial charge in [0.05, 0.1) is 5.56 Å². The number of carbonyl (C=O) groups is 1.